The van der Waals surface area contributed by atoms with Crippen LogP contribution >= 0.6 is 0 Å². The summed E-state index contributed by atoms with van der Waals surface area (Å²) in [6, 6.07) is 16.9. The van der Waals surface area contributed by atoms with Gasteiger partial charge in [-0.05, 0) is 29.5 Å². The van der Waals surface area contributed by atoms with Crippen LogP contribution in [-0.4, -0.2) is 17.5 Å². The van der Waals surface area contributed by atoms with Crippen LogP contribution in [0.3, 0.4) is 0 Å². The maximum absolute atomic E-state index is 12.1. The van der Waals surface area contributed by atoms with Gasteiger partial charge in [-0.3, -0.25) is 14.8 Å². The Hall–Kier alpha value is -2.66. The fourth-order valence-corrected chi connectivity index (χ4v) is 2.95. The van der Waals surface area contributed by atoms with Gasteiger partial charge in [-0.1, -0.05) is 54.6 Å². The highest BCUT2D eigenvalue weighted by molar-refractivity contribution is 5.86. The minimum Gasteiger partial charge on any atom is -0.349 e. The summed E-state index contributed by atoms with van der Waals surface area (Å²) in [5.74, 6) is -1.06. The van der Waals surface area contributed by atoms with Crippen molar-refractivity contribution in [3.8, 4) is 0 Å². The number of benzene rings is 2. The molecule has 5 heteroatoms. The molecule has 1 fully saturated rings. The second-order valence-corrected chi connectivity index (χ2v) is 5.79. The van der Waals surface area contributed by atoms with Crippen LogP contribution in [0.15, 0.2) is 54.6 Å². The summed E-state index contributed by atoms with van der Waals surface area (Å²) in [4.78, 5) is 22.8. The lowest BCUT2D eigenvalue weighted by atomic mass is 9.89. The zero-order valence-corrected chi connectivity index (χ0v) is 12.5. The van der Waals surface area contributed by atoms with Gasteiger partial charge < -0.3 is 5.32 Å². The van der Waals surface area contributed by atoms with Crippen LogP contribution in [-0.2, 0) is 15.1 Å². The van der Waals surface area contributed by atoms with E-state index >= 15 is 0 Å². The lowest BCUT2D eigenvalue weighted by Gasteiger charge is -2.18. The molecular formula is C18H18N2O3. The summed E-state index contributed by atoms with van der Waals surface area (Å²) in [5, 5.41) is 11.9. The molecule has 1 saturated carbocycles. The van der Waals surface area contributed by atoms with E-state index in [1.807, 2.05) is 54.6 Å². The summed E-state index contributed by atoms with van der Waals surface area (Å²) in [6.45, 7) is 0. The summed E-state index contributed by atoms with van der Waals surface area (Å²) < 4.78 is 0. The first-order chi connectivity index (χ1) is 11.2. The number of hydrogen-bond acceptors (Lipinski definition) is 3. The first-order valence-electron chi connectivity index (χ1n) is 7.51. The highest BCUT2D eigenvalue weighted by Gasteiger charge is 2.44. The quantitative estimate of drug-likeness (QED) is 0.434. The van der Waals surface area contributed by atoms with Crippen molar-refractivity contribution >= 4 is 12.3 Å². The molecule has 0 bridgehead atoms. The zero-order valence-electron chi connectivity index (χ0n) is 12.5. The Labute approximate surface area is 134 Å². The zero-order chi connectivity index (χ0) is 16.3. The Morgan fingerprint density at radius 3 is 2.17 bits per heavy atom. The lowest BCUT2D eigenvalue weighted by Crippen LogP contribution is -2.28. The van der Waals surface area contributed by atoms with E-state index in [-0.39, 0.29) is 5.54 Å². The van der Waals surface area contributed by atoms with Crippen LogP contribution < -0.4 is 10.8 Å². The normalized spacial score (nSPS) is 16.2. The molecule has 0 aliphatic heterocycles. The molecule has 3 N–H and O–H groups in total. The first-order valence-corrected chi connectivity index (χ1v) is 7.51. The number of nitrogens with one attached hydrogen (secondary N) is 2. The van der Waals surface area contributed by atoms with E-state index in [4.69, 9.17) is 5.21 Å². The van der Waals surface area contributed by atoms with Crippen molar-refractivity contribution in [3.05, 3.63) is 71.3 Å². The number of carbonyl (C=O) groups is 2. The second kappa shape index (κ2) is 6.22. The fraction of sp³-hybridized carbons (Fsp3) is 0.222. The van der Waals surface area contributed by atoms with Gasteiger partial charge in [-0.2, -0.15) is 0 Å². The largest absolute Gasteiger partial charge is 0.349 e. The van der Waals surface area contributed by atoms with E-state index in [9.17, 15) is 9.59 Å². The van der Waals surface area contributed by atoms with Crippen molar-refractivity contribution in [2.75, 3.05) is 0 Å². The molecule has 1 aliphatic rings. The van der Waals surface area contributed by atoms with Crippen molar-refractivity contribution in [2.24, 2.45) is 0 Å². The molecule has 2 amide bonds. The van der Waals surface area contributed by atoms with E-state index in [0.29, 0.717) is 0 Å². The highest BCUT2D eigenvalue weighted by Crippen LogP contribution is 2.45. The van der Waals surface area contributed by atoms with Gasteiger partial charge in [-0.15, -0.1) is 0 Å². The predicted molar refractivity (Wildman–Crippen MR) is 84.8 cm³/mol. The van der Waals surface area contributed by atoms with Gasteiger partial charge in [0.1, 0.15) is 0 Å². The van der Waals surface area contributed by atoms with Gasteiger partial charge >= 0.3 is 0 Å². The fourth-order valence-electron chi connectivity index (χ4n) is 2.95. The monoisotopic (exact) mass is 310 g/mol. The van der Waals surface area contributed by atoms with Crippen LogP contribution in [0.5, 0.6) is 0 Å². The van der Waals surface area contributed by atoms with Crippen LogP contribution in [0, 0.1) is 0 Å². The van der Waals surface area contributed by atoms with Gasteiger partial charge in [0, 0.05) is 0 Å². The Morgan fingerprint density at radius 1 is 1.04 bits per heavy atom. The van der Waals surface area contributed by atoms with Gasteiger partial charge in [-0.25, -0.2) is 5.48 Å². The van der Waals surface area contributed by atoms with Crippen molar-refractivity contribution < 1.29 is 14.8 Å². The lowest BCUT2D eigenvalue weighted by molar-refractivity contribution is -0.129. The first kappa shape index (κ1) is 15.2. The Morgan fingerprint density at radius 2 is 1.65 bits per heavy atom. The van der Waals surface area contributed by atoms with E-state index in [1.165, 1.54) is 0 Å². The molecular weight excluding hydrogens is 292 g/mol. The molecule has 118 valence electrons. The number of hydroxylamine groups is 1. The summed E-state index contributed by atoms with van der Waals surface area (Å²) in [7, 11) is 0. The molecule has 2 aromatic carbocycles. The second-order valence-electron chi connectivity index (χ2n) is 5.79. The topological polar surface area (TPSA) is 78.4 Å². The van der Waals surface area contributed by atoms with Crippen LogP contribution in [0.1, 0.15) is 35.4 Å². The SMILES string of the molecule is O=CNC1(c2ccc(C(C(=O)NO)c3ccccc3)cc2)CC1. The molecule has 1 aliphatic carbocycles. The van der Waals surface area contributed by atoms with E-state index < -0.39 is 11.8 Å². The minimum absolute atomic E-state index is 0.248. The smallest absolute Gasteiger partial charge is 0.255 e. The molecule has 5 nitrogen and oxygen atoms in total. The maximum Gasteiger partial charge on any atom is 0.255 e. The van der Waals surface area contributed by atoms with Crippen LogP contribution in [0.4, 0.5) is 0 Å². The number of hydrogen-bond donors (Lipinski definition) is 3. The number of rotatable bonds is 6. The molecule has 0 radical (unpaired) electrons. The maximum atomic E-state index is 12.1. The Balaban J connectivity index is 1.92. The van der Waals surface area contributed by atoms with Crippen LogP contribution in [0.25, 0.3) is 0 Å². The molecule has 0 aromatic heterocycles. The summed E-state index contributed by atoms with van der Waals surface area (Å²) in [5.41, 5.74) is 4.12. The summed E-state index contributed by atoms with van der Waals surface area (Å²) in [6.07, 6.45) is 2.57. The molecule has 1 atom stereocenters. The van der Waals surface area contributed by atoms with E-state index in [1.54, 1.807) is 5.48 Å². The third-order valence-corrected chi connectivity index (χ3v) is 4.39. The van der Waals surface area contributed by atoms with E-state index in [2.05, 4.69) is 5.32 Å². The van der Waals surface area contributed by atoms with Gasteiger partial charge in [0.25, 0.3) is 5.91 Å². The Kier molecular flexibility index (Phi) is 4.12. The molecule has 0 saturated heterocycles. The van der Waals surface area contributed by atoms with Crippen molar-refractivity contribution in [1.29, 1.82) is 0 Å². The molecule has 2 aromatic rings. The highest BCUT2D eigenvalue weighted by atomic mass is 16.5. The number of carbonyl (C=O) groups excluding carboxylic acids is 2. The summed E-state index contributed by atoms with van der Waals surface area (Å²) >= 11 is 0. The Bertz CT molecular complexity index is 694. The van der Waals surface area contributed by atoms with Gasteiger partial charge in [0.15, 0.2) is 0 Å². The third-order valence-electron chi connectivity index (χ3n) is 4.39. The van der Waals surface area contributed by atoms with Gasteiger partial charge in [0.05, 0.1) is 11.5 Å². The molecule has 0 spiro atoms. The van der Waals surface area contributed by atoms with E-state index in [0.717, 1.165) is 35.9 Å². The number of amides is 2. The minimum atomic E-state index is -0.579. The molecule has 3 rings (SSSR count). The average Bonchev–Trinajstić information content (AvgIpc) is 3.38. The standard InChI is InChI=1S/C18H18N2O3/c21-12-19-18(10-11-18)15-8-6-14(7-9-15)16(17(22)20-23)13-4-2-1-3-5-13/h1-9,12,16,23H,10-11H2,(H,19,21)(H,20,22). The van der Waals surface area contributed by atoms with Crippen LogP contribution in [0.2, 0.25) is 0 Å². The average molecular weight is 310 g/mol. The third kappa shape index (κ3) is 2.96. The van der Waals surface area contributed by atoms with Crippen molar-refractivity contribution in [1.82, 2.24) is 10.8 Å². The van der Waals surface area contributed by atoms with Crippen molar-refractivity contribution in [3.63, 3.8) is 0 Å². The molecule has 23 heavy (non-hydrogen) atoms. The molecule has 1 unspecified atom stereocenters. The van der Waals surface area contributed by atoms with Crippen molar-refractivity contribution in [2.45, 2.75) is 24.3 Å². The molecule has 0 heterocycles. The van der Waals surface area contributed by atoms with Gasteiger partial charge in [0.2, 0.25) is 6.41 Å². The predicted octanol–water partition coefficient (Wildman–Crippen LogP) is 2.06.